The summed E-state index contributed by atoms with van der Waals surface area (Å²) in [5.74, 6) is 0.766. The molecule has 0 aliphatic heterocycles. The molecule has 0 aromatic rings. The molecule has 0 spiro atoms. The van der Waals surface area contributed by atoms with Crippen LogP contribution < -0.4 is 0 Å². The molecule has 14 heavy (non-hydrogen) atoms. The first-order valence-electron chi connectivity index (χ1n) is 5.41. The summed E-state index contributed by atoms with van der Waals surface area (Å²) in [5.41, 5.74) is 0. The van der Waals surface area contributed by atoms with Crippen molar-refractivity contribution in [3.63, 3.8) is 0 Å². The number of carbonyl (C=O) groups excluding carboxylic acids is 2. The van der Waals surface area contributed by atoms with E-state index in [0.29, 0.717) is 24.5 Å². The first kappa shape index (κ1) is 11.2. The maximum Gasteiger partial charge on any atom is 0.136 e. The summed E-state index contributed by atoms with van der Waals surface area (Å²) in [6.45, 7) is 2.08. The highest BCUT2D eigenvalue weighted by Crippen LogP contribution is 2.33. The summed E-state index contributed by atoms with van der Waals surface area (Å²) >= 11 is 0. The zero-order valence-corrected chi connectivity index (χ0v) is 8.74. The summed E-state index contributed by atoms with van der Waals surface area (Å²) in [7, 11) is 0. The highest BCUT2D eigenvalue weighted by molar-refractivity contribution is 5.84. The minimum atomic E-state index is 0.114. The predicted molar refractivity (Wildman–Crippen MR) is 56.0 cm³/mol. The van der Waals surface area contributed by atoms with Gasteiger partial charge in [-0.1, -0.05) is 19.1 Å². The van der Waals surface area contributed by atoms with E-state index in [1.807, 2.05) is 0 Å². The fourth-order valence-electron chi connectivity index (χ4n) is 2.12. The highest BCUT2D eigenvalue weighted by Gasteiger charge is 2.32. The Kier molecular flexibility index (Phi) is 4.57. The molecule has 0 radical (unpaired) electrons. The summed E-state index contributed by atoms with van der Waals surface area (Å²) in [4.78, 5) is 21.9. The molecule has 1 aliphatic carbocycles. The maximum atomic E-state index is 11.5. The lowest BCUT2D eigenvalue weighted by atomic mass is 9.90. The zero-order valence-electron chi connectivity index (χ0n) is 8.74. The number of carbonyl (C=O) groups is 2. The van der Waals surface area contributed by atoms with Crippen molar-refractivity contribution in [2.75, 3.05) is 0 Å². The molecule has 0 saturated heterocycles. The van der Waals surface area contributed by atoms with Gasteiger partial charge in [0.1, 0.15) is 12.1 Å². The Morgan fingerprint density at radius 2 is 2.14 bits per heavy atom. The predicted octanol–water partition coefficient (Wildman–Crippen LogP) is 2.53. The molecular weight excluding hydrogens is 176 g/mol. The molecule has 0 amide bonds. The molecule has 1 saturated carbocycles. The van der Waals surface area contributed by atoms with E-state index in [-0.39, 0.29) is 5.92 Å². The van der Waals surface area contributed by atoms with Gasteiger partial charge in [-0.2, -0.15) is 0 Å². The van der Waals surface area contributed by atoms with Gasteiger partial charge in [-0.15, -0.1) is 0 Å². The number of ketones is 1. The third-order valence-electron chi connectivity index (χ3n) is 2.94. The average molecular weight is 194 g/mol. The molecule has 0 aromatic heterocycles. The Morgan fingerprint density at radius 3 is 2.79 bits per heavy atom. The fraction of sp³-hybridized carbons (Fsp3) is 0.667. The fourth-order valence-corrected chi connectivity index (χ4v) is 2.12. The van der Waals surface area contributed by atoms with Gasteiger partial charge in [0.05, 0.1) is 0 Å². The van der Waals surface area contributed by atoms with E-state index in [0.717, 1.165) is 25.5 Å². The second-order valence-electron chi connectivity index (χ2n) is 3.89. The Balaban J connectivity index is 2.48. The van der Waals surface area contributed by atoms with Crippen molar-refractivity contribution in [3.8, 4) is 0 Å². The third kappa shape index (κ3) is 2.79. The number of hydrogen-bond acceptors (Lipinski definition) is 2. The second-order valence-corrected chi connectivity index (χ2v) is 3.89. The largest absolute Gasteiger partial charge is 0.303 e. The number of aldehydes is 1. The maximum absolute atomic E-state index is 11.5. The Morgan fingerprint density at radius 1 is 1.36 bits per heavy atom. The second kappa shape index (κ2) is 5.74. The molecule has 0 heterocycles. The first-order chi connectivity index (χ1) is 6.79. The Hall–Kier alpha value is -0.920. The number of Topliss-reactive ketones (excluding diaryl/α,β-unsaturated/α-hetero) is 1. The smallest absolute Gasteiger partial charge is 0.136 e. The van der Waals surface area contributed by atoms with Crippen molar-refractivity contribution in [3.05, 3.63) is 12.2 Å². The van der Waals surface area contributed by atoms with Gasteiger partial charge in [-0.25, -0.2) is 0 Å². The quantitative estimate of drug-likeness (QED) is 0.498. The van der Waals surface area contributed by atoms with Crippen molar-refractivity contribution in [2.45, 2.75) is 39.0 Å². The van der Waals surface area contributed by atoms with E-state index in [1.165, 1.54) is 0 Å². The van der Waals surface area contributed by atoms with Crippen LogP contribution in [0.5, 0.6) is 0 Å². The zero-order chi connectivity index (χ0) is 10.4. The lowest BCUT2D eigenvalue weighted by molar-refractivity contribution is -0.121. The molecule has 2 unspecified atom stereocenters. The Bertz CT molecular complexity index is 230. The van der Waals surface area contributed by atoms with E-state index < -0.39 is 0 Å². The van der Waals surface area contributed by atoms with Gasteiger partial charge in [0.25, 0.3) is 0 Å². The standard InChI is InChI=1S/C12H18O2/c1-2-3-4-5-11-10(8-9-13)6-7-12(11)14/h3-4,9-11H,2,5-8H2,1H3/b4-3+. The van der Waals surface area contributed by atoms with Crippen LogP contribution in [0.1, 0.15) is 39.0 Å². The Labute approximate surface area is 85.4 Å². The summed E-state index contributed by atoms with van der Waals surface area (Å²) in [5, 5.41) is 0. The van der Waals surface area contributed by atoms with E-state index in [1.54, 1.807) is 0 Å². The molecule has 0 aromatic carbocycles. The first-order valence-corrected chi connectivity index (χ1v) is 5.41. The van der Waals surface area contributed by atoms with Crippen LogP contribution in [0.15, 0.2) is 12.2 Å². The van der Waals surface area contributed by atoms with E-state index in [4.69, 9.17) is 0 Å². The topological polar surface area (TPSA) is 34.1 Å². The van der Waals surface area contributed by atoms with Crippen LogP contribution in [0, 0.1) is 11.8 Å². The molecule has 1 aliphatic rings. The van der Waals surface area contributed by atoms with Gasteiger partial charge in [0.2, 0.25) is 0 Å². The monoisotopic (exact) mass is 194 g/mol. The van der Waals surface area contributed by atoms with Crippen LogP contribution in [0.3, 0.4) is 0 Å². The van der Waals surface area contributed by atoms with Gasteiger partial charge in [0.15, 0.2) is 0 Å². The van der Waals surface area contributed by atoms with Crippen LogP contribution >= 0.6 is 0 Å². The summed E-state index contributed by atoms with van der Waals surface area (Å²) in [6.07, 6.45) is 9.07. The average Bonchev–Trinajstić information content (AvgIpc) is 2.50. The molecule has 0 bridgehead atoms. The van der Waals surface area contributed by atoms with Crippen molar-refractivity contribution in [1.29, 1.82) is 0 Å². The molecule has 2 atom stereocenters. The molecule has 1 rings (SSSR count). The molecule has 1 fully saturated rings. The molecular formula is C12H18O2. The number of hydrogen-bond donors (Lipinski definition) is 0. The summed E-state index contributed by atoms with van der Waals surface area (Å²) in [6, 6.07) is 0. The van der Waals surface area contributed by atoms with Crippen molar-refractivity contribution in [1.82, 2.24) is 0 Å². The van der Waals surface area contributed by atoms with Crippen LogP contribution in [-0.2, 0) is 9.59 Å². The minimum Gasteiger partial charge on any atom is -0.303 e. The van der Waals surface area contributed by atoms with Crippen molar-refractivity contribution < 1.29 is 9.59 Å². The highest BCUT2D eigenvalue weighted by atomic mass is 16.1. The van der Waals surface area contributed by atoms with Crippen LogP contribution in [0.2, 0.25) is 0 Å². The van der Waals surface area contributed by atoms with Crippen LogP contribution in [0.4, 0.5) is 0 Å². The lowest BCUT2D eigenvalue weighted by Crippen LogP contribution is -2.14. The van der Waals surface area contributed by atoms with Gasteiger partial charge in [0, 0.05) is 18.8 Å². The van der Waals surface area contributed by atoms with E-state index >= 15 is 0 Å². The van der Waals surface area contributed by atoms with Gasteiger partial charge >= 0.3 is 0 Å². The van der Waals surface area contributed by atoms with Crippen molar-refractivity contribution in [2.24, 2.45) is 11.8 Å². The minimum absolute atomic E-state index is 0.114. The van der Waals surface area contributed by atoms with Gasteiger partial charge < -0.3 is 4.79 Å². The lowest BCUT2D eigenvalue weighted by Gasteiger charge is -2.13. The number of allylic oxidation sites excluding steroid dienone is 2. The van der Waals surface area contributed by atoms with E-state index in [2.05, 4.69) is 19.1 Å². The van der Waals surface area contributed by atoms with Crippen LogP contribution in [-0.4, -0.2) is 12.1 Å². The SMILES string of the molecule is CC/C=C/CC1C(=O)CCC1CC=O. The third-order valence-corrected chi connectivity index (χ3v) is 2.94. The summed E-state index contributed by atoms with van der Waals surface area (Å²) < 4.78 is 0. The van der Waals surface area contributed by atoms with E-state index in [9.17, 15) is 9.59 Å². The van der Waals surface area contributed by atoms with Crippen molar-refractivity contribution >= 4 is 12.1 Å². The van der Waals surface area contributed by atoms with Gasteiger partial charge in [-0.05, 0) is 25.2 Å². The normalized spacial score (nSPS) is 27.4. The number of rotatable bonds is 5. The molecule has 2 heteroatoms. The molecule has 2 nitrogen and oxygen atoms in total. The molecule has 78 valence electrons. The van der Waals surface area contributed by atoms with Gasteiger partial charge in [-0.3, -0.25) is 4.79 Å². The van der Waals surface area contributed by atoms with Crippen LogP contribution in [0.25, 0.3) is 0 Å². The molecule has 0 N–H and O–H groups in total.